The third-order valence-corrected chi connectivity index (χ3v) is 4.79. The molecule has 0 aliphatic carbocycles. The zero-order valence-electron chi connectivity index (χ0n) is 12.1. The quantitative estimate of drug-likeness (QED) is 0.944. The second-order valence-electron chi connectivity index (χ2n) is 5.48. The molecule has 1 aromatic carbocycles. The number of amides is 1. The topological polar surface area (TPSA) is 57.6 Å². The number of carbonyl (C=O) groups excluding carboxylic acids is 1. The maximum atomic E-state index is 12.5. The molecule has 0 fully saturated rings. The lowest BCUT2D eigenvalue weighted by Gasteiger charge is -2.34. The Morgan fingerprint density at radius 1 is 1.23 bits per heavy atom. The van der Waals surface area contributed by atoms with Crippen LogP contribution in [0.4, 0.5) is 0 Å². The molecule has 1 N–H and O–H groups in total. The summed E-state index contributed by atoms with van der Waals surface area (Å²) in [5.74, 6) is -1.02. The summed E-state index contributed by atoms with van der Waals surface area (Å²) in [5, 5.41) is 13.4. The fraction of sp³-hybridized carbons (Fsp3) is 0.294. The van der Waals surface area contributed by atoms with Gasteiger partial charge in [0.05, 0.1) is 0 Å². The van der Waals surface area contributed by atoms with Crippen LogP contribution in [0, 0.1) is 0 Å². The van der Waals surface area contributed by atoms with Crippen LogP contribution in [0.15, 0.2) is 41.1 Å². The molecule has 22 heavy (non-hydrogen) atoms. The average molecular weight is 315 g/mol. The number of aryl methyl sites for hydroxylation is 1. The molecule has 0 saturated heterocycles. The summed E-state index contributed by atoms with van der Waals surface area (Å²) in [5.41, 5.74) is 3.20. The van der Waals surface area contributed by atoms with Crippen molar-refractivity contribution in [3.8, 4) is 0 Å². The lowest BCUT2D eigenvalue weighted by Crippen LogP contribution is -2.48. The van der Waals surface area contributed by atoms with Crippen molar-refractivity contribution in [3.63, 3.8) is 0 Å². The number of benzene rings is 1. The van der Waals surface area contributed by atoms with E-state index in [4.69, 9.17) is 0 Å². The highest BCUT2D eigenvalue weighted by molar-refractivity contribution is 7.07. The fourth-order valence-electron chi connectivity index (χ4n) is 2.84. The van der Waals surface area contributed by atoms with Gasteiger partial charge < -0.3 is 10.0 Å². The molecule has 0 saturated carbocycles. The molecule has 1 amide bonds. The third-order valence-electron chi connectivity index (χ3n) is 4.06. The van der Waals surface area contributed by atoms with Crippen molar-refractivity contribution in [1.82, 2.24) is 4.90 Å². The van der Waals surface area contributed by atoms with Crippen LogP contribution in [0.5, 0.6) is 0 Å². The van der Waals surface area contributed by atoms with E-state index >= 15 is 0 Å². The summed E-state index contributed by atoms with van der Waals surface area (Å²) in [7, 11) is 0. The number of nitrogens with zero attached hydrogens (tertiary/aromatic N) is 1. The van der Waals surface area contributed by atoms with Crippen molar-refractivity contribution < 1.29 is 14.7 Å². The highest BCUT2D eigenvalue weighted by atomic mass is 32.1. The normalized spacial score (nSPS) is 17.1. The molecule has 0 spiro atoms. The number of carboxylic acids is 1. The number of rotatable bonds is 4. The van der Waals surface area contributed by atoms with E-state index in [0.29, 0.717) is 25.8 Å². The molecule has 1 aliphatic rings. The van der Waals surface area contributed by atoms with Gasteiger partial charge in [-0.2, -0.15) is 11.3 Å². The molecule has 0 bridgehead atoms. The predicted octanol–water partition coefficient (Wildman–Crippen LogP) is 2.72. The average Bonchev–Trinajstić information content (AvgIpc) is 3.04. The lowest BCUT2D eigenvalue weighted by atomic mass is 9.93. The Hall–Kier alpha value is -2.14. The molecule has 1 aliphatic heterocycles. The molecular formula is C17H17NO3S. The second kappa shape index (κ2) is 6.32. The van der Waals surface area contributed by atoms with E-state index in [9.17, 15) is 14.7 Å². The first-order chi connectivity index (χ1) is 10.6. The third kappa shape index (κ3) is 3.04. The van der Waals surface area contributed by atoms with Gasteiger partial charge in [0.15, 0.2) is 0 Å². The maximum absolute atomic E-state index is 12.5. The molecule has 2 aromatic rings. The smallest absolute Gasteiger partial charge is 0.326 e. The van der Waals surface area contributed by atoms with Gasteiger partial charge >= 0.3 is 5.97 Å². The molecule has 2 heterocycles. The van der Waals surface area contributed by atoms with Gasteiger partial charge in [-0.3, -0.25) is 4.79 Å². The SMILES string of the molecule is O=C(O)[C@H]1Cc2ccccc2CN1C(=O)CCc1ccsc1. The molecular weight excluding hydrogens is 298 g/mol. The van der Waals surface area contributed by atoms with Crippen molar-refractivity contribution in [2.45, 2.75) is 31.8 Å². The summed E-state index contributed by atoms with van der Waals surface area (Å²) in [6.07, 6.45) is 1.39. The number of aliphatic carboxylic acids is 1. The Kier molecular flexibility index (Phi) is 4.24. The van der Waals surface area contributed by atoms with Crippen LogP contribution in [0.3, 0.4) is 0 Å². The van der Waals surface area contributed by atoms with Crippen LogP contribution in [-0.2, 0) is 29.0 Å². The van der Waals surface area contributed by atoms with Gasteiger partial charge in [0.1, 0.15) is 6.04 Å². The van der Waals surface area contributed by atoms with Gasteiger partial charge in [-0.25, -0.2) is 4.79 Å². The summed E-state index contributed by atoms with van der Waals surface area (Å²) in [6.45, 7) is 0.385. The van der Waals surface area contributed by atoms with Gasteiger partial charge in [-0.1, -0.05) is 24.3 Å². The molecule has 3 rings (SSSR count). The van der Waals surface area contributed by atoms with E-state index < -0.39 is 12.0 Å². The number of hydrogen-bond donors (Lipinski definition) is 1. The zero-order valence-corrected chi connectivity index (χ0v) is 12.9. The monoisotopic (exact) mass is 315 g/mol. The van der Waals surface area contributed by atoms with Crippen LogP contribution in [0.1, 0.15) is 23.1 Å². The van der Waals surface area contributed by atoms with Crippen molar-refractivity contribution in [3.05, 3.63) is 57.8 Å². The van der Waals surface area contributed by atoms with E-state index in [-0.39, 0.29) is 5.91 Å². The Morgan fingerprint density at radius 2 is 2.00 bits per heavy atom. The van der Waals surface area contributed by atoms with Crippen molar-refractivity contribution in [2.75, 3.05) is 0 Å². The summed E-state index contributed by atoms with van der Waals surface area (Å²) < 4.78 is 0. The van der Waals surface area contributed by atoms with E-state index in [1.54, 1.807) is 11.3 Å². The van der Waals surface area contributed by atoms with Crippen LogP contribution in [0.25, 0.3) is 0 Å². The summed E-state index contributed by atoms with van der Waals surface area (Å²) >= 11 is 1.60. The number of carbonyl (C=O) groups is 2. The minimum atomic E-state index is -0.932. The Balaban J connectivity index is 1.75. The van der Waals surface area contributed by atoms with Gasteiger partial charge in [-0.05, 0) is 39.9 Å². The minimum Gasteiger partial charge on any atom is -0.480 e. The zero-order chi connectivity index (χ0) is 15.5. The first-order valence-corrected chi connectivity index (χ1v) is 8.19. The Bertz CT molecular complexity index is 681. The highest BCUT2D eigenvalue weighted by Crippen LogP contribution is 2.24. The minimum absolute atomic E-state index is 0.0897. The predicted molar refractivity (Wildman–Crippen MR) is 84.8 cm³/mol. The number of fused-ring (bicyclic) bond motifs is 1. The van der Waals surface area contributed by atoms with Crippen molar-refractivity contribution in [2.24, 2.45) is 0 Å². The standard InChI is InChI=1S/C17H17NO3S/c19-16(6-5-12-7-8-22-11-12)18-10-14-4-2-1-3-13(14)9-15(18)17(20)21/h1-4,7-8,11,15H,5-6,9-10H2,(H,20,21)/t15-/m1/s1. The van der Waals surface area contributed by atoms with Gasteiger partial charge in [0.25, 0.3) is 0 Å². The van der Waals surface area contributed by atoms with E-state index in [0.717, 1.165) is 16.7 Å². The van der Waals surface area contributed by atoms with Gasteiger partial charge in [0, 0.05) is 19.4 Å². The molecule has 1 atom stereocenters. The van der Waals surface area contributed by atoms with Gasteiger partial charge in [-0.15, -0.1) is 0 Å². The highest BCUT2D eigenvalue weighted by Gasteiger charge is 2.33. The van der Waals surface area contributed by atoms with Crippen molar-refractivity contribution >= 4 is 23.2 Å². The molecule has 1 aromatic heterocycles. The van der Waals surface area contributed by atoms with Gasteiger partial charge in [0.2, 0.25) is 5.91 Å². The van der Waals surface area contributed by atoms with Crippen molar-refractivity contribution in [1.29, 1.82) is 0 Å². The van der Waals surface area contributed by atoms with E-state index in [1.165, 1.54) is 4.90 Å². The molecule has 0 radical (unpaired) electrons. The Labute approximate surface area is 133 Å². The van der Waals surface area contributed by atoms with Crippen LogP contribution < -0.4 is 0 Å². The summed E-state index contributed by atoms with van der Waals surface area (Å²) in [4.78, 5) is 25.5. The van der Waals surface area contributed by atoms with Crippen LogP contribution in [0.2, 0.25) is 0 Å². The fourth-order valence-corrected chi connectivity index (χ4v) is 3.54. The van der Waals surface area contributed by atoms with E-state index in [2.05, 4.69) is 0 Å². The largest absolute Gasteiger partial charge is 0.480 e. The number of thiophene rings is 1. The molecule has 114 valence electrons. The van der Waals surface area contributed by atoms with E-state index in [1.807, 2.05) is 41.1 Å². The maximum Gasteiger partial charge on any atom is 0.326 e. The summed E-state index contributed by atoms with van der Waals surface area (Å²) in [6, 6.07) is 8.98. The van der Waals surface area contributed by atoms with Crippen LogP contribution >= 0.6 is 11.3 Å². The molecule has 4 nitrogen and oxygen atoms in total. The molecule has 0 unspecified atom stereocenters. The second-order valence-corrected chi connectivity index (χ2v) is 6.26. The molecule has 5 heteroatoms. The number of carboxylic acid groups (broad SMARTS) is 1. The first kappa shape index (κ1) is 14.8. The first-order valence-electron chi connectivity index (χ1n) is 7.25. The number of hydrogen-bond acceptors (Lipinski definition) is 3. The Morgan fingerprint density at radius 3 is 2.68 bits per heavy atom. The lowest BCUT2D eigenvalue weighted by molar-refractivity contribution is -0.151. The van der Waals surface area contributed by atoms with Crippen LogP contribution in [-0.4, -0.2) is 27.9 Å².